The molecule has 1 aliphatic heterocycles. The van der Waals surface area contributed by atoms with Gasteiger partial charge >= 0.3 is 12.4 Å². The Labute approximate surface area is 154 Å². The molecule has 148 valence electrons. The lowest BCUT2D eigenvalue weighted by atomic mass is 9.85. The number of fused-ring (bicyclic) bond motifs is 1. The van der Waals surface area contributed by atoms with E-state index in [0.29, 0.717) is 11.3 Å². The van der Waals surface area contributed by atoms with Crippen molar-refractivity contribution in [2.24, 2.45) is 5.41 Å². The third-order valence-electron chi connectivity index (χ3n) is 5.00. The van der Waals surface area contributed by atoms with Crippen molar-refractivity contribution in [1.82, 2.24) is 19.7 Å². The van der Waals surface area contributed by atoms with Crippen LogP contribution >= 0.6 is 0 Å². The van der Waals surface area contributed by atoms with Gasteiger partial charge < -0.3 is 4.90 Å². The van der Waals surface area contributed by atoms with E-state index >= 15 is 0 Å². The van der Waals surface area contributed by atoms with Gasteiger partial charge in [0.25, 0.3) is 0 Å². The first-order valence-corrected chi connectivity index (χ1v) is 8.27. The highest BCUT2D eigenvalue weighted by Gasteiger charge is 2.72. The molecule has 28 heavy (non-hydrogen) atoms. The van der Waals surface area contributed by atoms with Crippen LogP contribution in [0.1, 0.15) is 6.42 Å². The molecule has 1 saturated heterocycles. The second-order valence-corrected chi connectivity index (χ2v) is 6.58. The summed E-state index contributed by atoms with van der Waals surface area (Å²) in [6.45, 7) is -1.68. The summed E-state index contributed by atoms with van der Waals surface area (Å²) in [4.78, 5) is 9.06. The van der Waals surface area contributed by atoms with Crippen LogP contribution in [0, 0.1) is 5.41 Å². The van der Waals surface area contributed by atoms with E-state index in [-0.39, 0.29) is 11.2 Å². The van der Waals surface area contributed by atoms with Crippen molar-refractivity contribution in [3.8, 4) is 5.69 Å². The molecule has 1 aromatic carbocycles. The lowest BCUT2D eigenvalue weighted by Gasteiger charge is -2.33. The molecule has 4 rings (SSSR count). The molecule has 5 nitrogen and oxygen atoms in total. The maximum absolute atomic E-state index is 13.3. The van der Waals surface area contributed by atoms with E-state index in [1.807, 2.05) is 0 Å². The van der Waals surface area contributed by atoms with Gasteiger partial charge in [-0.1, -0.05) is 18.2 Å². The van der Waals surface area contributed by atoms with Crippen LogP contribution in [-0.2, 0) is 0 Å². The monoisotopic (exact) mass is 401 g/mol. The Hall–Kier alpha value is -2.85. The van der Waals surface area contributed by atoms with Crippen molar-refractivity contribution < 1.29 is 26.3 Å². The molecule has 0 atom stereocenters. The van der Waals surface area contributed by atoms with Crippen molar-refractivity contribution in [3.05, 3.63) is 42.9 Å². The van der Waals surface area contributed by atoms with Gasteiger partial charge in [-0.05, 0) is 18.6 Å². The molecule has 3 aromatic rings. The third kappa shape index (κ3) is 2.68. The Balaban J connectivity index is 1.76. The predicted octanol–water partition coefficient (Wildman–Crippen LogP) is 4.14. The quantitative estimate of drug-likeness (QED) is 0.606. The summed E-state index contributed by atoms with van der Waals surface area (Å²) < 4.78 is 81.5. The summed E-state index contributed by atoms with van der Waals surface area (Å²) in [5.74, 6) is 0.00237. The minimum Gasteiger partial charge on any atom is -0.355 e. The van der Waals surface area contributed by atoms with Gasteiger partial charge in [0.1, 0.15) is 12.1 Å². The second kappa shape index (κ2) is 6.08. The van der Waals surface area contributed by atoms with Crippen LogP contribution in [0.2, 0.25) is 0 Å². The van der Waals surface area contributed by atoms with Crippen LogP contribution in [0.15, 0.2) is 42.9 Å². The molecule has 0 aliphatic carbocycles. The normalized spacial score (nSPS) is 17.4. The number of rotatable bonds is 2. The molecular formula is C17H13F6N5. The molecule has 1 aliphatic rings. The fourth-order valence-electron chi connectivity index (χ4n) is 3.46. The van der Waals surface area contributed by atoms with Gasteiger partial charge in [-0.15, -0.1) is 0 Å². The summed E-state index contributed by atoms with van der Waals surface area (Å²) in [5, 5.41) is 4.46. The van der Waals surface area contributed by atoms with Crippen molar-refractivity contribution in [2.45, 2.75) is 18.8 Å². The number of alkyl halides is 6. The summed E-state index contributed by atoms with van der Waals surface area (Å²) in [6.07, 6.45) is -9.46. The van der Waals surface area contributed by atoms with Crippen LogP contribution < -0.4 is 4.90 Å². The van der Waals surface area contributed by atoms with E-state index < -0.39 is 37.3 Å². The SMILES string of the molecule is FC(F)(F)C1(C(F)(F)F)CCN(c2ncnc3c2cnn3-c2ccccc2)C1. The number of hydrogen-bond donors (Lipinski definition) is 0. The number of anilines is 1. The van der Waals surface area contributed by atoms with Crippen LogP contribution in [0.5, 0.6) is 0 Å². The maximum Gasteiger partial charge on any atom is 0.404 e. The molecule has 0 saturated carbocycles. The van der Waals surface area contributed by atoms with E-state index in [0.717, 1.165) is 11.2 Å². The van der Waals surface area contributed by atoms with E-state index in [2.05, 4.69) is 15.1 Å². The van der Waals surface area contributed by atoms with Gasteiger partial charge in [0.05, 0.1) is 17.3 Å². The molecule has 0 spiro atoms. The fraction of sp³-hybridized carbons (Fsp3) is 0.353. The number of benzene rings is 1. The number of hydrogen-bond acceptors (Lipinski definition) is 4. The Kier molecular flexibility index (Phi) is 4.02. The van der Waals surface area contributed by atoms with E-state index in [1.165, 1.54) is 10.9 Å². The molecule has 2 aromatic heterocycles. The number of nitrogens with zero attached hydrogens (tertiary/aromatic N) is 5. The van der Waals surface area contributed by atoms with Gasteiger partial charge in [-0.2, -0.15) is 31.4 Å². The van der Waals surface area contributed by atoms with Gasteiger partial charge in [0.15, 0.2) is 11.1 Å². The highest BCUT2D eigenvalue weighted by Crippen LogP contribution is 2.56. The standard InChI is InChI=1S/C17H13F6N5/c18-16(19,20)15(17(21,22)23)6-7-27(9-15)13-12-8-26-28(14(12)25-10-24-13)11-4-2-1-3-5-11/h1-5,8,10H,6-7,9H2. The van der Waals surface area contributed by atoms with Crippen LogP contribution in [0.4, 0.5) is 32.2 Å². The second-order valence-electron chi connectivity index (χ2n) is 6.58. The molecule has 0 amide bonds. The van der Waals surface area contributed by atoms with Crippen LogP contribution in [0.25, 0.3) is 16.7 Å². The summed E-state index contributed by atoms with van der Waals surface area (Å²) in [5.41, 5.74) is -2.83. The first-order chi connectivity index (χ1) is 13.1. The number of para-hydroxylation sites is 1. The van der Waals surface area contributed by atoms with Crippen molar-refractivity contribution in [3.63, 3.8) is 0 Å². The molecule has 11 heteroatoms. The summed E-state index contributed by atoms with van der Waals surface area (Å²) in [7, 11) is 0. The van der Waals surface area contributed by atoms with Crippen molar-refractivity contribution in [2.75, 3.05) is 18.0 Å². The average molecular weight is 401 g/mol. The van der Waals surface area contributed by atoms with Crippen molar-refractivity contribution >= 4 is 16.9 Å². The highest BCUT2D eigenvalue weighted by molar-refractivity contribution is 5.87. The van der Waals surface area contributed by atoms with Gasteiger partial charge in [0.2, 0.25) is 0 Å². The molecule has 1 fully saturated rings. The Bertz CT molecular complexity index is 981. The zero-order valence-corrected chi connectivity index (χ0v) is 14.2. The first kappa shape index (κ1) is 18.5. The largest absolute Gasteiger partial charge is 0.404 e. The van der Waals surface area contributed by atoms with E-state index in [4.69, 9.17) is 0 Å². The predicted molar refractivity (Wildman–Crippen MR) is 88.0 cm³/mol. The Morgan fingerprint density at radius 1 is 0.929 bits per heavy atom. The van der Waals surface area contributed by atoms with Crippen LogP contribution in [-0.4, -0.2) is 45.2 Å². The number of aromatic nitrogens is 4. The summed E-state index contributed by atoms with van der Waals surface area (Å²) >= 11 is 0. The highest BCUT2D eigenvalue weighted by atomic mass is 19.4. The van der Waals surface area contributed by atoms with Crippen molar-refractivity contribution in [1.29, 1.82) is 0 Å². The zero-order chi connectivity index (χ0) is 20.2. The van der Waals surface area contributed by atoms with Gasteiger partial charge in [0, 0.05) is 13.1 Å². The van der Waals surface area contributed by atoms with Gasteiger partial charge in [-0.25, -0.2) is 14.6 Å². The number of halogens is 6. The van der Waals surface area contributed by atoms with E-state index in [9.17, 15) is 26.3 Å². The molecule has 3 heterocycles. The Morgan fingerprint density at radius 2 is 1.61 bits per heavy atom. The maximum atomic E-state index is 13.3. The molecule has 0 unspecified atom stereocenters. The van der Waals surface area contributed by atoms with E-state index in [1.54, 1.807) is 30.3 Å². The molecule has 0 N–H and O–H groups in total. The first-order valence-electron chi connectivity index (χ1n) is 8.27. The average Bonchev–Trinajstić information content (AvgIpc) is 3.27. The topological polar surface area (TPSA) is 46.8 Å². The lowest BCUT2D eigenvalue weighted by Crippen LogP contribution is -2.51. The zero-order valence-electron chi connectivity index (χ0n) is 14.2. The molecule has 0 radical (unpaired) electrons. The third-order valence-corrected chi connectivity index (χ3v) is 5.00. The summed E-state index contributed by atoms with van der Waals surface area (Å²) in [6, 6.07) is 8.84. The van der Waals surface area contributed by atoms with Crippen LogP contribution in [0.3, 0.4) is 0 Å². The van der Waals surface area contributed by atoms with Gasteiger partial charge in [-0.3, -0.25) is 0 Å². The fourth-order valence-corrected chi connectivity index (χ4v) is 3.46. The smallest absolute Gasteiger partial charge is 0.355 e. The molecule has 0 bridgehead atoms. The minimum absolute atomic E-state index is 0.00237. The molecular weight excluding hydrogens is 388 g/mol. The Morgan fingerprint density at radius 3 is 2.21 bits per heavy atom. The lowest BCUT2D eigenvalue weighted by molar-refractivity contribution is -0.332. The minimum atomic E-state index is -5.42.